The zero-order chi connectivity index (χ0) is 31.1. The number of halogens is 7. The van der Waals surface area contributed by atoms with Crippen molar-refractivity contribution in [3.05, 3.63) is 47.4 Å². The highest BCUT2D eigenvalue weighted by atomic mass is 19.4. The summed E-state index contributed by atoms with van der Waals surface area (Å²) < 4.78 is 102. The lowest BCUT2D eigenvalue weighted by atomic mass is 9.95. The molecule has 2 aromatic rings. The van der Waals surface area contributed by atoms with Crippen LogP contribution in [0.1, 0.15) is 19.5 Å². The van der Waals surface area contributed by atoms with E-state index in [1.54, 1.807) is 4.90 Å². The van der Waals surface area contributed by atoms with Crippen LogP contribution in [0.3, 0.4) is 0 Å². The van der Waals surface area contributed by atoms with Gasteiger partial charge in [0.25, 0.3) is 5.91 Å². The molecule has 3 heterocycles. The van der Waals surface area contributed by atoms with E-state index in [4.69, 9.17) is 4.74 Å². The molecule has 1 N–H and O–H groups in total. The Morgan fingerprint density at radius 2 is 1.67 bits per heavy atom. The quantitative estimate of drug-likeness (QED) is 0.481. The number of hydrogen-bond acceptors (Lipinski definition) is 6. The number of rotatable bonds is 5. The molecule has 2 aliphatic rings. The molecule has 1 saturated heterocycles. The van der Waals surface area contributed by atoms with Crippen LogP contribution >= 0.6 is 0 Å². The van der Waals surface area contributed by atoms with E-state index in [1.807, 2.05) is 20.9 Å². The second-order valence-corrected chi connectivity index (χ2v) is 10.1. The molecule has 8 nitrogen and oxygen atoms in total. The van der Waals surface area contributed by atoms with Gasteiger partial charge in [0, 0.05) is 49.1 Å². The number of ether oxygens (including phenoxy) is 1. The molecule has 42 heavy (non-hydrogen) atoms. The summed E-state index contributed by atoms with van der Waals surface area (Å²) in [4.78, 5) is 35.2. The standard InChI is InChI=1S/C27H26F7N5O3/c1-13-11-39(12-14(2)38(13)3)21-9-19(28)16(15-5-22(27(32,33)34)37-24(6-15)42-4)7-20(21)36-25(41)17-10-35-23(40)8-18(17)26(29,30)31/h5-10,13-14,17H,11-12H2,1-4H3,(H,36,41)/t13-,14+,17?. The SMILES string of the molecule is COc1cc(-c2cc(NC(=O)C3C=NC(=O)C=C3C(F)(F)F)c(N3C[C@@H](C)N(C)[C@@H](C)C3)cc2F)cc(C(F)(F)F)n1. The van der Waals surface area contributed by atoms with Gasteiger partial charge in [0.05, 0.1) is 24.1 Å². The number of aromatic nitrogens is 1. The van der Waals surface area contributed by atoms with Crippen molar-refractivity contribution in [3.63, 3.8) is 0 Å². The topological polar surface area (TPSA) is 87.1 Å². The number of carbonyl (C=O) groups is 2. The van der Waals surface area contributed by atoms with Crippen molar-refractivity contribution in [1.82, 2.24) is 9.88 Å². The first-order chi connectivity index (χ1) is 19.5. The molecule has 15 heteroatoms. The maximum absolute atomic E-state index is 15.7. The Morgan fingerprint density at radius 1 is 1.02 bits per heavy atom. The first-order valence-electron chi connectivity index (χ1n) is 12.6. The smallest absolute Gasteiger partial charge is 0.433 e. The molecule has 0 radical (unpaired) electrons. The first kappa shape index (κ1) is 30.9. The zero-order valence-electron chi connectivity index (χ0n) is 22.8. The number of benzene rings is 1. The van der Waals surface area contributed by atoms with Gasteiger partial charge in [0.15, 0.2) is 0 Å². The van der Waals surface area contributed by atoms with Crippen LogP contribution in [0.2, 0.25) is 0 Å². The lowest BCUT2D eigenvalue weighted by Gasteiger charge is -2.44. The molecule has 226 valence electrons. The molecule has 1 aromatic carbocycles. The molecule has 0 saturated carbocycles. The number of dihydropyridines is 1. The van der Waals surface area contributed by atoms with Crippen molar-refractivity contribution in [2.75, 3.05) is 37.5 Å². The number of amides is 2. The van der Waals surface area contributed by atoms with E-state index in [0.29, 0.717) is 25.4 Å². The molecule has 4 rings (SSSR count). The van der Waals surface area contributed by atoms with Crippen molar-refractivity contribution in [3.8, 4) is 17.0 Å². The fourth-order valence-electron chi connectivity index (χ4n) is 4.82. The number of nitrogens with one attached hydrogen (secondary N) is 1. The van der Waals surface area contributed by atoms with Crippen molar-refractivity contribution >= 4 is 29.4 Å². The monoisotopic (exact) mass is 601 g/mol. The summed E-state index contributed by atoms with van der Waals surface area (Å²) in [5.41, 5.74) is -3.55. The Morgan fingerprint density at radius 3 is 2.24 bits per heavy atom. The minimum atomic E-state index is -5.04. The molecule has 1 unspecified atom stereocenters. The Bertz CT molecular complexity index is 1440. The Kier molecular flexibility index (Phi) is 8.36. The summed E-state index contributed by atoms with van der Waals surface area (Å²) in [6.07, 6.45) is -9.16. The number of methoxy groups -OCH3 is 1. The highest BCUT2D eigenvalue weighted by Crippen LogP contribution is 2.40. The number of piperazine rings is 1. The van der Waals surface area contributed by atoms with Gasteiger partial charge in [-0.1, -0.05) is 0 Å². The summed E-state index contributed by atoms with van der Waals surface area (Å²) in [6, 6.07) is 3.62. The minimum absolute atomic E-state index is 0.0462. The van der Waals surface area contributed by atoms with E-state index >= 15 is 4.39 Å². The molecule has 2 amide bonds. The van der Waals surface area contributed by atoms with Crippen molar-refractivity contribution in [2.24, 2.45) is 10.9 Å². The summed E-state index contributed by atoms with van der Waals surface area (Å²) in [6.45, 7) is 4.50. The second-order valence-electron chi connectivity index (χ2n) is 10.1. The van der Waals surface area contributed by atoms with Gasteiger partial charge in [0.1, 0.15) is 17.4 Å². The average Bonchev–Trinajstić information content (AvgIpc) is 2.90. The van der Waals surface area contributed by atoms with Gasteiger partial charge in [-0.15, -0.1) is 0 Å². The number of anilines is 2. The van der Waals surface area contributed by atoms with E-state index < -0.39 is 58.6 Å². The number of hydrogen-bond donors (Lipinski definition) is 1. The molecule has 1 aromatic heterocycles. The summed E-state index contributed by atoms with van der Waals surface area (Å²) in [5.74, 6) is -5.84. The highest BCUT2D eigenvalue weighted by Gasteiger charge is 2.43. The summed E-state index contributed by atoms with van der Waals surface area (Å²) >= 11 is 0. The van der Waals surface area contributed by atoms with Crippen LogP contribution in [0.4, 0.5) is 42.1 Å². The molecule has 0 spiro atoms. The number of alkyl halides is 6. The van der Waals surface area contributed by atoms with Crippen molar-refractivity contribution < 1.29 is 45.1 Å². The Labute approximate surface area is 235 Å². The van der Waals surface area contributed by atoms with Gasteiger partial charge in [-0.05, 0) is 44.7 Å². The van der Waals surface area contributed by atoms with Crippen molar-refractivity contribution in [2.45, 2.75) is 38.3 Å². The third kappa shape index (κ3) is 6.40. The van der Waals surface area contributed by atoms with E-state index in [9.17, 15) is 35.9 Å². The van der Waals surface area contributed by atoms with E-state index in [1.165, 1.54) is 0 Å². The molecule has 2 aliphatic heterocycles. The molecular weight excluding hydrogens is 575 g/mol. The Balaban J connectivity index is 1.84. The van der Waals surface area contributed by atoms with Gasteiger partial charge < -0.3 is 15.0 Å². The van der Waals surface area contributed by atoms with Crippen LogP contribution in [0.15, 0.2) is 40.9 Å². The van der Waals surface area contributed by atoms with Crippen LogP contribution in [0, 0.1) is 11.7 Å². The first-order valence-corrected chi connectivity index (χ1v) is 12.6. The van der Waals surface area contributed by atoms with Gasteiger partial charge in [-0.3, -0.25) is 14.5 Å². The average molecular weight is 602 g/mol. The predicted molar refractivity (Wildman–Crippen MR) is 140 cm³/mol. The van der Waals surface area contributed by atoms with Crippen LogP contribution in [-0.4, -0.2) is 73.4 Å². The zero-order valence-corrected chi connectivity index (χ0v) is 22.8. The van der Waals surface area contributed by atoms with Gasteiger partial charge >= 0.3 is 12.4 Å². The number of aliphatic imine (C=N–C) groups is 1. The third-order valence-corrected chi connectivity index (χ3v) is 7.23. The minimum Gasteiger partial charge on any atom is -0.481 e. The number of pyridine rings is 1. The maximum atomic E-state index is 15.7. The fourth-order valence-corrected chi connectivity index (χ4v) is 4.82. The van der Waals surface area contributed by atoms with Crippen LogP contribution < -0.4 is 15.0 Å². The van der Waals surface area contributed by atoms with Gasteiger partial charge in [-0.2, -0.15) is 26.3 Å². The Hall–Kier alpha value is -4.01. The van der Waals surface area contributed by atoms with Crippen molar-refractivity contribution in [1.29, 1.82) is 0 Å². The molecular formula is C27H26F7N5O3. The van der Waals surface area contributed by atoms with Gasteiger partial charge in [-0.25, -0.2) is 14.4 Å². The fraction of sp³-hybridized carbons (Fsp3) is 0.407. The van der Waals surface area contributed by atoms with Crippen LogP contribution in [0.25, 0.3) is 11.1 Å². The predicted octanol–water partition coefficient (Wildman–Crippen LogP) is 5.10. The maximum Gasteiger partial charge on any atom is 0.433 e. The lowest BCUT2D eigenvalue weighted by molar-refractivity contribution is -0.141. The van der Waals surface area contributed by atoms with E-state index in [-0.39, 0.29) is 35.1 Å². The normalized spacial score (nSPS) is 21.8. The van der Waals surface area contributed by atoms with Crippen LogP contribution in [0.5, 0.6) is 5.88 Å². The van der Waals surface area contributed by atoms with E-state index in [2.05, 4.69) is 20.2 Å². The second kappa shape index (κ2) is 11.3. The summed E-state index contributed by atoms with van der Waals surface area (Å²) in [5, 5.41) is 2.37. The largest absolute Gasteiger partial charge is 0.481 e. The third-order valence-electron chi connectivity index (χ3n) is 7.23. The molecule has 3 atom stereocenters. The molecule has 0 bridgehead atoms. The summed E-state index contributed by atoms with van der Waals surface area (Å²) in [7, 11) is 2.97. The number of carbonyl (C=O) groups excluding carboxylic acids is 2. The highest BCUT2D eigenvalue weighted by molar-refractivity contribution is 6.11. The lowest BCUT2D eigenvalue weighted by Crippen LogP contribution is -2.55. The molecule has 1 fully saturated rings. The molecule has 0 aliphatic carbocycles. The van der Waals surface area contributed by atoms with Crippen LogP contribution in [-0.2, 0) is 15.8 Å². The van der Waals surface area contributed by atoms with E-state index in [0.717, 1.165) is 25.3 Å². The number of nitrogens with zero attached hydrogens (tertiary/aromatic N) is 4. The van der Waals surface area contributed by atoms with Gasteiger partial charge in [0.2, 0.25) is 11.8 Å². The number of likely N-dealkylation sites (N-methyl/N-ethyl adjacent to an activating group) is 1.